The molecular weight excluding hydrogens is 348 g/mol. The van der Waals surface area contributed by atoms with Gasteiger partial charge in [0.2, 0.25) is 5.91 Å². The molecule has 1 amide bonds. The molecule has 4 nitrogen and oxygen atoms in total. The molecule has 0 saturated heterocycles. The van der Waals surface area contributed by atoms with Crippen LogP contribution in [0.3, 0.4) is 0 Å². The number of nitrogens with zero attached hydrogens (tertiary/aromatic N) is 1. The van der Waals surface area contributed by atoms with E-state index >= 15 is 0 Å². The molecule has 0 aliphatic rings. The Hall–Kier alpha value is -3.27. The molecule has 0 bridgehead atoms. The molecule has 0 aliphatic heterocycles. The van der Waals surface area contributed by atoms with Crippen molar-refractivity contribution in [2.24, 2.45) is 0 Å². The Morgan fingerprint density at radius 1 is 1.00 bits per heavy atom. The van der Waals surface area contributed by atoms with E-state index in [-0.39, 0.29) is 5.91 Å². The smallest absolute Gasteiger partial charge is 0.228 e. The molecule has 0 unspecified atom stereocenters. The van der Waals surface area contributed by atoms with Gasteiger partial charge in [-0.25, -0.2) is 0 Å². The lowest BCUT2D eigenvalue weighted by atomic mass is 10.1. The van der Waals surface area contributed by atoms with Gasteiger partial charge in [0.05, 0.1) is 13.5 Å². The number of carbonyl (C=O) groups is 1. The number of hydrogen-bond acceptors (Lipinski definition) is 2. The molecule has 0 radical (unpaired) electrons. The summed E-state index contributed by atoms with van der Waals surface area (Å²) in [6.07, 6.45) is 0.333. The van der Waals surface area contributed by atoms with Crippen LogP contribution >= 0.6 is 0 Å². The Kier molecular flexibility index (Phi) is 4.78. The van der Waals surface area contributed by atoms with E-state index in [2.05, 4.69) is 53.2 Å². The van der Waals surface area contributed by atoms with Crippen molar-refractivity contribution in [3.8, 4) is 5.75 Å². The van der Waals surface area contributed by atoms with Crippen LogP contribution in [0.2, 0.25) is 0 Å². The van der Waals surface area contributed by atoms with Crippen molar-refractivity contribution < 1.29 is 9.53 Å². The molecule has 28 heavy (non-hydrogen) atoms. The van der Waals surface area contributed by atoms with Crippen molar-refractivity contribution in [3.05, 3.63) is 71.8 Å². The number of methoxy groups -OCH3 is 1. The zero-order valence-electron chi connectivity index (χ0n) is 16.5. The number of anilines is 1. The summed E-state index contributed by atoms with van der Waals surface area (Å²) in [5, 5.41) is 5.42. The fraction of sp³-hybridized carbons (Fsp3) is 0.208. The second kappa shape index (κ2) is 7.39. The van der Waals surface area contributed by atoms with Crippen molar-refractivity contribution in [2.45, 2.75) is 26.8 Å². The molecule has 0 fully saturated rings. The van der Waals surface area contributed by atoms with Gasteiger partial charge < -0.3 is 14.6 Å². The van der Waals surface area contributed by atoms with E-state index in [4.69, 9.17) is 4.74 Å². The summed E-state index contributed by atoms with van der Waals surface area (Å²) in [6, 6.07) is 20.4. The molecule has 1 aromatic heterocycles. The summed E-state index contributed by atoms with van der Waals surface area (Å²) >= 11 is 0. The molecule has 0 aliphatic carbocycles. The van der Waals surface area contributed by atoms with E-state index in [1.54, 1.807) is 7.11 Å². The first-order chi connectivity index (χ1) is 13.6. The summed E-state index contributed by atoms with van der Waals surface area (Å²) in [7, 11) is 1.65. The van der Waals surface area contributed by atoms with Crippen molar-refractivity contribution in [2.75, 3.05) is 12.4 Å². The van der Waals surface area contributed by atoms with Crippen LogP contribution in [0.1, 0.15) is 18.1 Å². The summed E-state index contributed by atoms with van der Waals surface area (Å²) in [4.78, 5) is 12.6. The van der Waals surface area contributed by atoms with Gasteiger partial charge in [-0.05, 0) is 55.3 Å². The second-order valence-corrected chi connectivity index (χ2v) is 7.02. The van der Waals surface area contributed by atoms with Gasteiger partial charge in [0.15, 0.2) is 0 Å². The first-order valence-electron chi connectivity index (χ1n) is 9.55. The predicted octanol–water partition coefficient (Wildman–Crippen LogP) is 5.31. The summed E-state index contributed by atoms with van der Waals surface area (Å²) < 4.78 is 7.59. The Balaban J connectivity index is 1.60. The topological polar surface area (TPSA) is 43.3 Å². The lowest BCUT2D eigenvalue weighted by molar-refractivity contribution is -0.115. The first-order valence-corrected chi connectivity index (χ1v) is 9.55. The summed E-state index contributed by atoms with van der Waals surface area (Å²) in [5.74, 6) is 0.810. The molecular formula is C24H24N2O2. The molecule has 4 aromatic rings. The van der Waals surface area contributed by atoms with Crippen LogP contribution in [0.25, 0.3) is 21.8 Å². The van der Waals surface area contributed by atoms with Crippen molar-refractivity contribution in [1.82, 2.24) is 4.57 Å². The number of ether oxygens (including phenoxy) is 1. The maximum atomic E-state index is 12.6. The third kappa shape index (κ3) is 3.22. The van der Waals surface area contributed by atoms with Crippen molar-refractivity contribution >= 4 is 33.4 Å². The highest BCUT2D eigenvalue weighted by Gasteiger charge is 2.11. The van der Waals surface area contributed by atoms with Gasteiger partial charge in [0.1, 0.15) is 5.75 Å². The molecule has 0 spiro atoms. The van der Waals surface area contributed by atoms with Crippen LogP contribution in [-0.4, -0.2) is 17.6 Å². The minimum Gasteiger partial charge on any atom is -0.496 e. The van der Waals surface area contributed by atoms with Gasteiger partial charge in [-0.15, -0.1) is 0 Å². The number of nitrogens with one attached hydrogen (secondary N) is 1. The van der Waals surface area contributed by atoms with Crippen LogP contribution in [0.4, 0.5) is 5.69 Å². The van der Waals surface area contributed by atoms with Crippen LogP contribution in [0.5, 0.6) is 5.75 Å². The minimum atomic E-state index is -0.0249. The van der Waals surface area contributed by atoms with E-state index in [0.717, 1.165) is 34.5 Å². The van der Waals surface area contributed by atoms with Crippen molar-refractivity contribution in [1.29, 1.82) is 0 Å². The van der Waals surface area contributed by atoms with Crippen LogP contribution in [0, 0.1) is 6.92 Å². The Labute approximate surface area is 164 Å². The fourth-order valence-electron chi connectivity index (χ4n) is 3.91. The number of fused-ring (bicyclic) bond motifs is 3. The zero-order valence-corrected chi connectivity index (χ0v) is 16.5. The molecule has 1 N–H and O–H groups in total. The first kappa shape index (κ1) is 18.1. The second-order valence-electron chi connectivity index (χ2n) is 7.02. The third-order valence-corrected chi connectivity index (χ3v) is 5.20. The number of aryl methyl sites for hydroxylation is 2. The average Bonchev–Trinajstić information content (AvgIpc) is 3.01. The number of carbonyl (C=O) groups excluding carboxylic acids is 1. The monoisotopic (exact) mass is 372 g/mol. The van der Waals surface area contributed by atoms with Gasteiger partial charge in [0, 0.05) is 34.0 Å². The average molecular weight is 372 g/mol. The highest BCUT2D eigenvalue weighted by Crippen LogP contribution is 2.31. The van der Waals surface area contributed by atoms with E-state index in [1.165, 1.54) is 16.4 Å². The maximum absolute atomic E-state index is 12.6. The largest absolute Gasteiger partial charge is 0.496 e. The minimum absolute atomic E-state index is 0.0249. The van der Waals surface area contributed by atoms with Gasteiger partial charge in [-0.1, -0.05) is 30.3 Å². The number of benzene rings is 3. The van der Waals surface area contributed by atoms with E-state index < -0.39 is 0 Å². The molecule has 4 rings (SSSR count). The fourth-order valence-corrected chi connectivity index (χ4v) is 3.91. The molecule has 0 saturated carbocycles. The highest BCUT2D eigenvalue weighted by atomic mass is 16.5. The van der Waals surface area contributed by atoms with Gasteiger partial charge in [0.25, 0.3) is 0 Å². The van der Waals surface area contributed by atoms with Gasteiger partial charge in [-0.2, -0.15) is 0 Å². The van der Waals surface area contributed by atoms with E-state index in [9.17, 15) is 4.79 Å². The Bertz CT molecular complexity index is 1170. The van der Waals surface area contributed by atoms with Gasteiger partial charge in [-0.3, -0.25) is 4.79 Å². The molecule has 4 heteroatoms. The molecule has 142 valence electrons. The van der Waals surface area contributed by atoms with Crippen LogP contribution in [0.15, 0.2) is 60.7 Å². The maximum Gasteiger partial charge on any atom is 0.228 e. The summed E-state index contributed by atoms with van der Waals surface area (Å²) in [6.45, 7) is 5.04. The van der Waals surface area contributed by atoms with Gasteiger partial charge >= 0.3 is 0 Å². The number of para-hydroxylation sites is 1. The highest BCUT2D eigenvalue weighted by molar-refractivity contribution is 6.09. The molecule has 3 aromatic carbocycles. The normalized spacial score (nSPS) is 11.1. The van der Waals surface area contributed by atoms with Crippen LogP contribution < -0.4 is 10.1 Å². The Morgan fingerprint density at radius 3 is 2.54 bits per heavy atom. The van der Waals surface area contributed by atoms with Crippen LogP contribution in [-0.2, 0) is 17.8 Å². The molecule has 0 atom stereocenters. The number of amides is 1. The number of aromatic nitrogens is 1. The number of hydrogen-bond donors (Lipinski definition) is 1. The number of rotatable bonds is 5. The predicted molar refractivity (Wildman–Crippen MR) is 115 cm³/mol. The standard InChI is InChI=1S/C24H24N2O2/c1-4-26-21-8-6-5-7-19(21)20-15-18(10-11-22(20)26)25-24(27)14-17-9-12-23(28-3)16(2)13-17/h5-13,15H,4,14H2,1-3H3,(H,25,27). The summed E-state index contributed by atoms with van der Waals surface area (Å²) in [5.41, 5.74) is 5.23. The Morgan fingerprint density at radius 2 is 1.79 bits per heavy atom. The quantitative estimate of drug-likeness (QED) is 0.516. The lowest BCUT2D eigenvalue weighted by Crippen LogP contribution is -2.14. The molecule has 1 heterocycles. The van der Waals surface area contributed by atoms with E-state index in [1.807, 2.05) is 31.2 Å². The van der Waals surface area contributed by atoms with Crippen molar-refractivity contribution in [3.63, 3.8) is 0 Å². The SMILES string of the molecule is CCn1c2ccccc2c2cc(NC(=O)Cc3ccc(OC)c(C)c3)ccc21. The van der Waals surface area contributed by atoms with E-state index in [0.29, 0.717) is 6.42 Å². The zero-order chi connectivity index (χ0) is 19.7. The third-order valence-electron chi connectivity index (χ3n) is 5.20. The lowest BCUT2D eigenvalue weighted by Gasteiger charge is -2.09.